The minimum Gasteiger partial charge on any atom is -0.384 e. The van der Waals surface area contributed by atoms with E-state index in [0.717, 1.165) is 44.1 Å². The fourth-order valence-corrected chi connectivity index (χ4v) is 4.37. The third-order valence-electron chi connectivity index (χ3n) is 5.31. The lowest BCUT2D eigenvalue weighted by atomic mass is 9.96. The van der Waals surface area contributed by atoms with Gasteiger partial charge in [0.1, 0.15) is 5.60 Å². The van der Waals surface area contributed by atoms with Crippen molar-refractivity contribution in [1.29, 1.82) is 0 Å². The van der Waals surface area contributed by atoms with Gasteiger partial charge in [0.2, 0.25) is 0 Å². The summed E-state index contributed by atoms with van der Waals surface area (Å²) in [4.78, 5) is 8.69. The highest BCUT2D eigenvalue weighted by atomic mass is 127. The third-order valence-corrected chi connectivity index (χ3v) is 6.33. The highest BCUT2D eigenvalue weighted by Crippen LogP contribution is 2.25. The number of nitrogens with one attached hydrogen (secondary N) is 2. The Morgan fingerprint density at radius 1 is 1.28 bits per heavy atom. The minimum absolute atomic E-state index is 0. The number of halogens is 1. The second kappa shape index (κ2) is 11.3. The first-order valence-corrected chi connectivity index (χ1v) is 11.0. The number of guanidine groups is 1. The Morgan fingerprint density at radius 3 is 2.76 bits per heavy atom. The Hall–Kier alpha value is -1.16. The molecule has 29 heavy (non-hydrogen) atoms. The number of nitrogens with zero attached hydrogens (tertiary/aromatic N) is 2. The molecule has 1 aliphatic rings. The van der Waals surface area contributed by atoms with Crippen molar-refractivity contribution in [3.05, 3.63) is 57.8 Å². The van der Waals surface area contributed by atoms with E-state index in [1.807, 2.05) is 48.6 Å². The molecule has 2 atom stereocenters. The van der Waals surface area contributed by atoms with Crippen molar-refractivity contribution in [3.8, 4) is 0 Å². The van der Waals surface area contributed by atoms with Gasteiger partial charge in [-0.2, -0.15) is 0 Å². The average Bonchev–Trinajstić information content (AvgIpc) is 3.18. The molecule has 0 saturated carbocycles. The first-order chi connectivity index (χ1) is 13.5. The molecule has 1 aromatic carbocycles. The molecule has 0 spiro atoms. The molecular weight excluding hydrogens is 495 g/mol. The van der Waals surface area contributed by atoms with Crippen LogP contribution in [0.5, 0.6) is 0 Å². The molecule has 2 heterocycles. The number of hydrogen-bond donors (Lipinski definition) is 3. The standard InChI is InChI=1S/C22H32N4OS.HI/c1-4-23-21(25-16-22(3,27)19-8-6-5-7-9-19)24-14-17(2)26-12-10-20-18(15-26)11-13-28-20;/h5-9,11,13,17,27H,4,10,12,14-16H2,1-3H3,(H2,23,24,25);1H. The topological polar surface area (TPSA) is 59.9 Å². The zero-order chi connectivity index (χ0) is 20.0. The van der Waals surface area contributed by atoms with Crippen molar-refractivity contribution in [3.63, 3.8) is 0 Å². The summed E-state index contributed by atoms with van der Waals surface area (Å²) in [6, 6.07) is 12.4. The Kier molecular flexibility index (Phi) is 9.39. The lowest BCUT2D eigenvalue weighted by molar-refractivity contribution is 0.0672. The van der Waals surface area contributed by atoms with Gasteiger partial charge < -0.3 is 15.7 Å². The number of aliphatic hydroxyl groups is 1. The quantitative estimate of drug-likeness (QED) is 0.292. The molecule has 0 saturated heterocycles. The average molecular weight is 529 g/mol. The Morgan fingerprint density at radius 2 is 2.03 bits per heavy atom. The van der Waals surface area contributed by atoms with Crippen molar-refractivity contribution < 1.29 is 5.11 Å². The number of thiophene rings is 1. The van der Waals surface area contributed by atoms with E-state index in [0.29, 0.717) is 12.6 Å². The normalized spacial score (nSPS) is 17.6. The van der Waals surface area contributed by atoms with Crippen LogP contribution in [0, 0.1) is 0 Å². The van der Waals surface area contributed by atoms with Crippen molar-refractivity contribution in [2.75, 3.05) is 26.2 Å². The van der Waals surface area contributed by atoms with E-state index < -0.39 is 5.60 Å². The third kappa shape index (κ3) is 6.67. The highest BCUT2D eigenvalue weighted by molar-refractivity contribution is 14.0. The van der Waals surface area contributed by atoms with E-state index in [2.05, 4.69) is 45.8 Å². The molecule has 1 aromatic heterocycles. The van der Waals surface area contributed by atoms with Crippen LogP contribution in [0.25, 0.3) is 0 Å². The molecule has 160 valence electrons. The van der Waals surface area contributed by atoms with Gasteiger partial charge in [-0.05, 0) is 49.8 Å². The van der Waals surface area contributed by atoms with E-state index in [9.17, 15) is 5.11 Å². The Bertz CT molecular complexity index is 778. The molecule has 0 bridgehead atoms. The van der Waals surface area contributed by atoms with Crippen molar-refractivity contribution >= 4 is 41.3 Å². The smallest absolute Gasteiger partial charge is 0.191 e. The van der Waals surface area contributed by atoms with Gasteiger partial charge >= 0.3 is 0 Å². The van der Waals surface area contributed by atoms with E-state index in [1.165, 1.54) is 10.4 Å². The number of benzene rings is 1. The summed E-state index contributed by atoms with van der Waals surface area (Å²) in [5, 5.41) is 19.7. The van der Waals surface area contributed by atoms with Gasteiger partial charge in [0, 0.05) is 37.1 Å². The summed E-state index contributed by atoms with van der Waals surface area (Å²) in [5.41, 5.74) is 1.36. The van der Waals surface area contributed by atoms with Crippen molar-refractivity contribution in [2.45, 2.75) is 45.4 Å². The maximum Gasteiger partial charge on any atom is 0.191 e. The Balaban J connectivity index is 0.00000300. The second-order valence-corrected chi connectivity index (χ2v) is 8.66. The zero-order valence-corrected chi connectivity index (χ0v) is 20.7. The van der Waals surface area contributed by atoms with Gasteiger partial charge in [-0.3, -0.25) is 4.90 Å². The lowest BCUT2D eigenvalue weighted by Crippen LogP contribution is -2.47. The largest absolute Gasteiger partial charge is 0.384 e. The molecule has 0 amide bonds. The summed E-state index contributed by atoms with van der Waals surface area (Å²) < 4.78 is 0. The van der Waals surface area contributed by atoms with Gasteiger partial charge in [0.15, 0.2) is 5.96 Å². The van der Waals surface area contributed by atoms with Gasteiger partial charge in [0.25, 0.3) is 0 Å². The van der Waals surface area contributed by atoms with Crippen LogP contribution >= 0.6 is 35.3 Å². The van der Waals surface area contributed by atoms with Crippen molar-refractivity contribution in [2.24, 2.45) is 4.99 Å². The lowest BCUT2D eigenvalue weighted by Gasteiger charge is -2.33. The van der Waals surface area contributed by atoms with Crippen LogP contribution in [0.2, 0.25) is 0 Å². The number of fused-ring (bicyclic) bond motifs is 1. The fourth-order valence-electron chi connectivity index (χ4n) is 3.48. The number of hydrogen-bond acceptors (Lipinski definition) is 4. The van der Waals surface area contributed by atoms with Crippen LogP contribution in [0.1, 0.15) is 36.8 Å². The summed E-state index contributed by atoms with van der Waals surface area (Å²) >= 11 is 1.88. The van der Waals surface area contributed by atoms with Gasteiger partial charge in [-0.1, -0.05) is 30.3 Å². The van der Waals surface area contributed by atoms with Crippen LogP contribution in [0.4, 0.5) is 0 Å². The maximum atomic E-state index is 10.8. The van der Waals surface area contributed by atoms with Crippen molar-refractivity contribution in [1.82, 2.24) is 15.5 Å². The van der Waals surface area contributed by atoms with Crippen LogP contribution in [0.3, 0.4) is 0 Å². The summed E-state index contributed by atoms with van der Waals surface area (Å²) in [6.45, 7) is 10.2. The molecule has 0 radical (unpaired) electrons. The molecule has 1 aliphatic heterocycles. The van der Waals surface area contributed by atoms with Gasteiger partial charge in [-0.15, -0.1) is 35.3 Å². The van der Waals surface area contributed by atoms with E-state index >= 15 is 0 Å². The predicted octanol–water partition coefficient (Wildman–Crippen LogP) is 3.58. The SMILES string of the molecule is CCNC(=NCC(C)(O)c1ccccc1)NCC(C)N1CCc2sccc2C1.I. The van der Waals surface area contributed by atoms with Gasteiger partial charge in [0.05, 0.1) is 6.54 Å². The molecule has 3 N–H and O–H groups in total. The second-order valence-electron chi connectivity index (χ2n) is 7.65. The number of aliphatic imine (C=N–C) groups is 1. The molecule has 5 nitrogen and oxygen atoms in total. The summed E-state index contributed by atoms with van der Waals surface area (Å²) in [6.07, 6.45) is 1.14. The first kappa shape index (κ1) is 24.1. The monoisotopic (exact) mass is 528 g/mol. The Labute approximate surface area is 195 Å². The molecule has 7 heteroatoms. The maximum absolute atomic E-state index is 10.8. The van der Waals surface area contributed by atoms with Gasteiger partial charge in [-0.25, -0.2) is 4.99 Å². The van der Waals surface area contributed by atoms with Crippen LogP contribution in [-0.4, -0.2) is 48.2 Å². The van der Waals surface area contributed by atoms with E-state index in [4.69, 9.17) is 0 Å². The van der Waals surface area contributed by atoms with Crippen LogP contribution < -0.4 is 10.6 Å². The van der Waals surface area contributed by atoms with Crippen LogP contribution in [0.15, 0.2) is 46.8 Å². The zero-order valence-electron chi connectivity index (χ0n) is 17.5. The molecule has 2 unspecified atom stereocenters. The number of rotatable bonds is 7. The molecule has 0 fully saturated rings. The fraction of sp³-hybridized carbons (Fsp3) is 0.500. The molecule has 2 aromatic rings. The summed E-state index contributed by atoms with van der Waals surface area (Å²) in [7, 11) is 0. The molecular formula is C22H33IN4OS. The first-order valence-electron chi connectivity index (χ1n) is 10.1. The minimum atomic E-state index is -0.989. The predicted molar refractivity (Wildman–Crippen MR) is 133 cm³/mol. The highest BCUT2D eigenvalue weighted by Gasteiger charge is 2.23. The van der Waals surface area contributed by atoms with E-state index in [1.54, 1.807) is 0 Å². The summed E-state index contributed by atoms with van der Waals surface area (Å²) in [5.74, 6) is 0.749. The van der Waals surface area contributed by atoms with Crippen LogP contribution in [-0.2, 0) is 18.6 Å². The van der Waals surface area contributed by atoms with E-state index in [-0.39, 0.29) is 24.0 Å². The molecule has 0 aliphatic carbocycles. The molecule has 3 rings (SSSR count).